The lowest BCUT2D eigenvalue weighted by Crippen LogP contribution is -2.14. The summed E-state index contributed by atoms with van der Waals surface area (Å²) >= 11 is 0. The van der Waals surface area contributed by atoms with Crippen molar-refractivity contribution in [1.29, 1.82) is 0 Å². The number of nitrogens with one attached hydrogen (secondary N) is 2. The van der Waals surface area contributed by atoms with Gasteiger partial charge in [-0.3, -0.25) is 4.79 Å². The lowest BCUT2D eigenvalue weighted by atomic mass is 10.2. The van der Waals surface area contributed by atoms with E-state index >= 15 is 0 Å². The summed E-state index contributed by atoms with van der Waals surface area (Å²) in [6.45, 7) is 2.17. The number of rotatable bonds is 4. The van der Waals surface area contributed by atoms with Crippen LogP contribution in [0, 0.1) is 6.92 Å². The average Bonchev–Trinajstić information content (AvgIpc) is 3.12. The fourth-order valence-electron chi connectivity index (χ4n) is 2.55. The summed E-state index contributed by atoms with van der Waals surface area (Å²) in [5.74, 6) is 1.29. The highest BCUT2D eigenvalue weighted by Gasteiger charge is 2.15. The van der Waals surface area contributed by atoms with E-state index in [0.717, 1.165) is 11.3 Å². The SMILES string of the molecule is Cc1ccccc1Nc1nccc(C(=O)Nc2ccc3c(c2)OCO3)n1. The number of carbonyl (C=O) groups is 1. The number of aromatic nitrogens is 2. The van der Waals surface area contributed by atoms with Crippen LogP contribution in [0.1, 0.15) is 16.1 Å². The molecule has 2 aromatic carbocycles. The molecule has 0 bridgehead atoms. The summed E-state index contributed by atoms with van der Waals surface area (Å²) in [5, 5.41) is 5.92. The van der Waals surface area contributed by atoms with Gasteiger partial charge in [-0.1, -0.05) is 18.2 Å². The molecule has 3 aromatic rings. The maximum absolute atomic E-state index is 12.5. The molecule has 0 fully saturated rings. The third-order valence-electron chi connectivity index (χ3n) is 3.91. The van der Waals surface area contributed by atoms with Crippen LogP contribution in [-0.4, -0.2) is 22.7 Å². The lowest BCUT2D eigenvalue weighted by molar-refractivity contribution is 0.102. The van der Waals surface area contributed by atoms with Crippen molar-refractivity contribution >= 4 is 23.2 Å². The predicted octanol–water partition coefficient (Wildman–Crippen LogP) is 3.51. The molecule has 0 saturated carbocycles. The van der Waals surface area contributed by atoms with Crippen molar-refractivity contribution in [3.8, 4) is 11.5 Å². The van der Waals surface area contributed by atoms with E-state index in [1.54, 1.807) is 30.5 Å². The molecule has 26 heavy (non-hydrogen) atoms. The van der Waals surface area contributed by atoms with Crippen molar-refractivity contribution in [3.05, 3.63) is 66.0 Å². The molecule has 130 valence electrons. The van der Waals surface area contributed by atoms with Crippen molar-refractivity contribution in [3.63, 3.8) is 0 Å². The zero-order chi connectivity index (χ0) is 17.9. The Morgan fingerprint density at radius 1 is 1.08 bits per heavy atom. The maximum Gasteiger partial charge on any atom is 0.274 e. The molecule has 1 aliphatic rings. The van der Waals surface area contributed by atoms with Crippen LogP contribution in [-0.2, 0) is 0 Å². The molecule has 4 rings (SSSR count). The molecule has 0 atom stereocenters. The number of ether oxygens (including phenoxy) is 2. The largest absolute Gasteiger partial charge is 0.454 e. The molecule has 0 radical (unpaired) electrons. The third-order valence-corrected chi connectivity index (χ3v) is 3.91. The van der Waals surface area contributed by atoms with E-state index in [1.165, 1.54) is 0 Å². The average molecular weight is 348 g/mol. The number of aryl methyl sites for hydroxylation is 1. The van der Waals surface area contributed by atoms with Crippen molar-refractivity contribution < 1.29 is 14.3 Å². The Balaban J connectivity index is 1.51. The first-order valence-corrected chi connectivity index (χ1v) is 8.06. The Labute approximate surface area is 150 Å². The smallest absolute Gasteiger partial charge is 0.274 e. The van der Waals surface area contributed by atoms with E-state index in [4.69, 9.17) is 9.47 Å². The molecule has 0 aliphatic carbocycles. The first-order chi connectivity index (χ1) is 12.7. The quantitative estimate of drug-likeness (QED) is 0.750. The number of nitrogens with zero attached hydrogens (tertiary/aromatic N) is 2. The van der Waals surface area contributed by atoms with Crippen LogP contribution in [0.15, 0.2) is 54.7 Å². The van der Waals surface area contributed by atoms with Gasteiger partial charge in [0.25, 0.3) is 5.91 Å². The Bertz CT molecular complexity index is 975. The number of hydrogen-bond donors (Lipinski definition) is 2. The highest BCUT2D eigenvalue weighted by Crippen LogP contribution is 2.34. The van der Waals surface area contributed by atoms with Gasteiger partial charge < -0.3 is 20.1 Å². The van der Waals surface area contributed by atoms with E-state index in [2.05, 4.69) is 20.6 Å². The topological polar surface area (TPSA) is 85.4 Å². The normalized spacial score (nSPS) is 11.9. The number of fused-ring (bicyclic) bond motifs is 1. The summed E-state index contributed by atoms with van der Waals surface area (Å²) in [4.78, 5) is 20.9. The summed E-state index contributed by atoms with van der Waals surface area (Å²) in [6, 6.07) is 14.6. The summed E-state index contributed by atoms with van der Waals surface area (Å²) in [6.07, 6.45) is 1.54. The molecule has 0 spiro atoms. The summed E-state index contributed by atoms with van der Waals surface area (Å²) in [7, 11) is 0. The van der Waals surface area contributed by atoms with Gasteiger partial charge >= 0.3 is 0 Å². The van der Waals surface area contributed by atoms with Crippen LogP contribution < -0.4 is 20.1 Å². The molecular formula is C19H16N4O3. The third kappa shape index (κ3) is 3.27. The number of anilines is 3. The molecule has 2 N–H and O–H groups in total. The van der Waals surface area contributed by atoms with Crippen LogP contribution in [0.5, 0.6) is 11.5 Å². The van der Waals surface area contributed by atoms with E-state index in [9.17, 15) is 4.79 Å². The minimum Gasteiger partial charge on any atom is -0.454 e. The standard InChI is InChI=1S/C19H16N4O3/c1-12-4-2-3-5-14(12)22-19-20-9-8-15(23-19)18(24)21-13-6-7-16-17(10-13)26-11-25-16/h2-10H,11H2,1H3,(H,21,24)(H,20,22,23). The lowest BCUT2D eigenvalue weighted by Gasteiger charge is -2.09. The minimum atomic E-state index is -0.334. The molecule has 1 aromatic heterocycles. The second-order valence-corrected chi connectivity index (χ2v) is 5.73. The molecule has 1 amide bonds. The molecule has 7 nitrogen and oxygen atoms in total. The first kappa shape index (κ1) is 15.9. The molecule has 1 aliphatic heterocycles. The zero-order valence-corrected chi connectivity index (χ0v) is 14.0. The van der Waals surface area contributed by atoms with E-state index in [1.807, 2.05) is 31.2 Å². The van der Waals surface area contributed by atoms with Gasteiger partial charge in [-0.2, -0.15) is 0 Å². The Morgan fingerprint density at radius 3 is 2.81 bits per heavy atom. The van der Waals surface area contributed by atoms with Gasteiger partial charge in [0, 0.05) is 23.6 Å². The van der Waals surface area contributed by atoms with Gasteiger partial charge in [0.05, 0.1) is 0 Å². The zero-order valence-electron chi connectivity index (χ0n) is 14.0. The van der Waals surface area contributed by atoms with Gasteiger partial charge in [0.15, 0.2) is 11.5 Å². The van der Waals surface area contributed by atoms with E-state index < -0.39 is 0 Å². The number of benzene rings is 2. The number of hydrogen-bond acceptors (Lipinski definition) is 6. The molecule has 0 saturated heterocycles. The van der Waals surface area contributed by atoms with Crippen LogP contribution in [0.3, 0.4) is 0 Å². The fourth-order valence-corrected chi connectivity index (χ4v) is 2.55. The van der Waals surface area contributed by atoms with Crippen molar-refractivity contribution in [2.24, 2.45) is 0 Å². The molecule has 7 heteroatoms. The second-order valence-electron chi connectivity index (χ2n) is 5.73. The predicted molar refractivity (Wildman–Crippen MR) is 97.0 cm³/mol. The van der Waals surface area contributed by atoms with Crippen molar-refractivity contribution in [1.82, 2.24) is 9.97 Å². The van der Waals surface area contributed by atoms with E-state index in [0.29, 0.717) is 23.1 Å². The highest BCUT2D eigenvalue weighted by atomic mass is 16.7. The minimum absolute atomic E-state index is 0.187. The van der Waals surface area contributed by atoms with Crippen LogP contribution in [0.25, 0.3) is 0 Å². The van der Waals surface area contributed by atoms with Gasteiger partial charge in [-0.05, 0) is 36.8 Å². The Hall–Kier alpha value is -3.61. The highest BCUT2D eigenvalue weighted by molar-refractivity contribution is 6.03. The number of amides is 1. The van der Waals surface area contributed by atoms with Crippen molar-refractivity contribution in [2.45, 2.75) is 6.92 Å². The monoisotopic (exact) mass is 348 g/mol. The van der Waals surface area contributed by atoms with Crippen LogP contribution >= 0.6 is 0 Å². The maximum atomic E-state index is 12.5. The second kappa shape index (κ2) is 6.72. The van der Waals surface area contributed by atoms with Gasteiger partial charge in [-0.15, -0.1) is 0 Å². The number of carbonyl (C=O) groups excluding carboxylic acids is 1. The van der Waals surface area contributed by atoms with Gasteiger partial charge in [0.1, 0.15) is 5.69 Å². The number of para-hydroxylation sites is 1. The fraction of sp³-hybridized carbons (Fsp3) is 0.105. The van der Waals surface area contributed by atoms with Crippen LogP contribution in [0.4, 0.5) is 17.3 Å². The van der Waals surface area contributed by atoms with Crippen molar-refractivity contribution in [2.75, 3.05) is 17.4 Å². The van der Waals surface area contributed by atoms with Crippen LogP contribution in [0.2, 0.25) is 0 Å². The Kier molecular flexibility index (Phi) is 4.10. The summed E-state index contributed by atoms with van der Waals surface area (Å²) < 4.78 is 10.6. The molecule has 0 unspecified atom stereocenters. The van der Waals surface area contributed by atoms with E-state index in [-0.39, 0.29) is 18.4 Å². The molecule has 2 heterocycles. The van der Waals surface area contributed by atoms with Gasteiger partial charge in [-0.25, -0.2) is 9.97 Å². The Morgan fingerprint density at radius 2 is 1.92 bits per heavy atom. The first-order valence-electron chi connectivity index (χ1n) is 8.06. The summed E-state index contributed by atoms with van der Waals surface area (Å²) in [5.41, 5.74) is 2.81. The molecular weight excluding hydrogens is 332 g/mol. The van der Waals surface area contributed by atoms with Gasteiger partial charge in [0.2, 0.25) is 12.7 Å².